The van der Waals surface area contributed by atoms with Crippen molar-refractivity contribution in [3.05, 3.63) is 35.6 Å². The van der Waals surface area contributed by atoms with Crippen LogP contribution in [-0.4, -0.2) is 58.9 Å². The number of benzene rings is 1. The number of likely N-dealkylation sites (tertiary alicyclic amines) is 2. The maximum atomic E-state index is 13.0. The number of hydrogen-bond acceptors (Lipinski definition) is 3. The monoisotopic (exact) mass is 388 g/mol. The zero-order valence-corrected chi connectivity index (χ0v) is 15.8. The molecule has 2 amide bonds. The standard InChI is InChI=1S/C21H25FN2O4/c22-17-7-4-14(5-8-17)6-9-18(25)23-10-16-11-24(19(26)15-2-1-3-15)13-21(16,12-23)20(27)28/h4-5,7-8,15-16H,1-3,6,9-13H2,(H,27,28)/t16-,21-/m0/s1. The number of hydrogen-bond donors (Lipinski definition) is 1. The maximum Gasteiger partial charge on any atom is 0.313 e. The molecule has 2 saturated heterocycles. The van der Waals surface area contributed by atoms with Crippen LogP contribution in [0, 0.1) is 23.1 Å². The molecule has 0 spiro atoms. The lowest BCUT2D eigenvalue weighted by atomic mass is 9.81. The van der Waals surface area contributed by atoms with Crippen molar-refractivity contribution in [3.63, 3.8) is 0 Å². The Hall–Kier alpha value is -2.44. The molecule has 3 fully saturated rings. The van der Waals surface area contributed by atoms with E-state index in [-0.39, 0.29) is 49.0 Å². The number of fused-ring (bicyclic) bond motifs is 1. The van der Waals surface area contributed by atoms with Crippen LogP contribution in [0.5, 0.6) is 0 Å². The van der Waals surface area contributed by atoms with Crippen molar-refractivity contribution in [1.29, 1.82) is 0 Å². The molecule has 4 rings (SSSR count). The molecule has 1 N–H and O–H groups in total. The predicted molar refractivity (Wildman–Crippen MR) is 98.8 cm³/mol. The van der Waals surface area contributed by atoms with Crippen LogP contribution in [0.2, 0.25) is 0 Å². The lowest BCUT2D eigenvalue weighted by molar-refractivity contribution is -0.149. The minimum Gasteiger partial charge on any atom is -0.481 e. The molecule has 1 aromatic carbocycles. The fraction of sp³-hybridized carbons (Fsp3) is 0.571. The maximum absolute atomic E-state index is 13.0. The highest BCUT2D eigenvalue weighted by atomic mass is 19.1. The second-order valence-corrected chi connectivity index (χ2v) is 8.41. The number of halogens is 1. The molecule has 28 heavy (non-hydrogen) atoms. The van der Waals surface area contributed by atoms with Gasteiger partial charge in [-0.3, -0.25) is 14.4 Å². The van der Waals surface area contributed by atoms with Gasteiger partial charge in [-0.2, -0.15) is 0 Å². The summed E-state index contributed by atoms with van der Waals surface area (Å²) in [7, 11) is 0. The minimum atomic E-state index is -1.05. The van der Waals surface area contributed by atoms with Crippen LogP contribution in [0.25, 0.3) is 0 Å². The van der Waals surface area contributed by atoms with E-state index < -0.39 is 11.4 Å². The molecule has 150 valence electrons. The highest BCUT2D eigenvalue weighted by Gasteiger charge is 2.59. The molecule has 6 nitrogen and oxygen atoms in total. The quantitative estimate of drug-likeness (QED) is 0.836. The smallest absolute Gasteiger partial charge is 0.313 e. The number of rotatable bonds is 5. The number of aliphatic carboxylic acids is 1. The highest BCUT2D eigenvalue weighted by molar-refractivity contribution is 5.85. The molecule has 0 bridgehead atoms. The van der Waals surface area contributed by atoms with E-state index in [4.69, 9.17) is 0 Å². The summed E-state index contributed by atoms with van der Waals surface area (Å²) in [5.41, 5.74) is -0.176. The first kappa shape index (κ1) is 18.9. The zero-order chi connectivity index (χ0) is 19.9. The molecule has 1 saturated carbocycles. The number of carbonyl (C=O) groups is 3. The average Bonchev–Trinajstić information content (AvgIpc) is 3.15. The number of carbonyl (C=O) groups excluding carboxylic acids is 2. The highest BCUT2D eigenvalue weighted by Crippen LogP contribution is 2.44. The molecule has 0 unspecified atom stereocenters. The first-order valence-electron chi connectivity index (χ1n) is 9.93. The number of nitrogens with zero attached hydrogens (tertiary/aromatic N) is 2. The summed E-state index contributed by atoms with van der Waals surface area (Å²) in [6.45, 7) is 1.15. The third-order valence-electron chi connectivity index (χ3n) is 6.69. The number of carboxylic acids is 1. The molecule has 7 heteroatoms. The van der Waals surface area contributed by atoms with Gasteiger partial charge < -0.3 is 14.9 Å². The van der Waals surface area contributed by atoms with Crippen LogP contribution >= 0.6 is 0 Å². The Bertz CT molecular complexity index is 792. The predicted octanol–water partition coefficient (Wildman–Crippen LogP) is 1.93. The van der Waals surface area contributed by atoms with E-state index in [2.05, 4.69) is 0 Å². The Kier molecular flexibility index (Phi) is 4.85. The lowest BCUT2D eigenvalue weighted by Crippen LogP contribution is -2.44. The van der Waals surface area contributed by atoms with E-state index >= 15 is 0 Å². The van der Waals surface area contributed by atoms with Gasteiger partial charge in [0.25, 0.3) is 0 Å². The summed E-state index contributed by atoms with van der Waals surface area (Å²) in [5.74, 6) is -1.41. The summed E-state index contributed by atoms with van der Waals surface area (Å²) in [6, 6.07) is 6.05. The first-order chi connectivity index (χ1) is 13.4. The summed E-state index contributed by atoms with van der Waals surface area (Å²) >= 11 is 0. The molecule has 0 radical (unpaired) electrons. The van der Waals surface area contributed by atoms with Crippen molar-refractivity contribution in [3.8, 4) is 0 Å². The number of carboxylic acid groups (broad SMARTS) is 1. The van der Waals surface area contributed by atoms with Crippen molar-refractivity contribution < 1.29 is 23.9 Å². The molecule has 2 atom stereocenters. The number of amides is 2. The lowest BCUT2D eigenvalue weighted by Gasteiger charge is -2.31. The SMILES string of the molecule is O=C(CCc1ccc(F)cc1)N1C[C@H]2CN(C(=O)C3CCC3)C[C@@]2(C(=O)O)C1. The summed E-state index contributed by atoms with van der Waals surface area (Å²) in [4.78, 5) is 40.6. The van der Waals surface area contributed by atoms with Crippen molar-refractivity contribution in [2.45, 2.75) is 32.1 Å². The molecule has 1 aliphatic carbocycles. The number of aryl methyl sites for hydroxylation is 1. The zero-order valence-electron chi connectivity index (χ0n) is 15.8. The van der Waals surface area contributed by atoms with Crippen LogP contribution in [0.4, 0.5) is 4.39 Å². The van der Waals surface area contributed by atoms with Crippen LogP contribution < -0.4 is 0 Å². The minimum absolute atomic E-state index is 0.0538. The van der Waals surface area contributed by atoms with E-state index in [9.17, 15) is 23.9 Å². The Morgan fingerprint density at radius 2 is 1.71 bits per heavy atom. The van der Waals surface area contributed by atoms with Gasteiger partial charge in [0.2, 0.25) is 11.8 Å². The molecular formula is C21H25FN2O4. The van der Waals surface area contributed by atoms with Gasteiger partial charge >= 0.3 is 5.97 Å². The van der Waals surface area contributed by atoms with Gasteiger partial charge in [-0.25, -0.2) is 4.39 Å². The summed E-state index contributed by atoms with van der Waals surface area (Å²) in [6.07, 6.45) is 3.61. The van der Waals surface area contributed by atoms with Crippen LogP contribution in [-0.2, 0) is 20.8 Å². The van der Waals surface area contributed by atoms with E-state index in [0.717, 1.165) is 24.8 Å². The Morgan fingerprint density at radius 1 is 1.07 bits per heavy atom. The van der Waals surface area contributed by atoms with Crippen molar-refractivity contribution in [1.82, 2.24) is 9.80 Å². The first-order valence-corrected chi connectivity index (χ1v) is 9.93. The van der Waals surface area contributed by atoms with Crippen LogP contribution in [0.15, 0.2) is 24.3 Å². The van der Waals surface area contributed by atoms with E-state index in [1.54, 1.807) is 21.9 Å². The second-order valence-electron chi connectivity index (χ2n) is 8.41. The molecule has 1 aromatic rings. The fourth-order valence-corrected chi connectivity index (χ4v) is 4.70. The van der Waals surface area contributed by atoms with Crippen molar-refractivity contribution in [2.75, 3.05) is 26.2 Å². The van der Waals surface area contributed by atoms with Gasteiger partial charge in [0.15, 0.2) is 0 Å². The van der Waals surface area contributed by atoms with E-state index in [1.165, 1.54) is 12.1 Å². The van der Waals surface area contributed by atoms with E-state index in [0.29, 0.717) is 19.5 Å². The molecule has 2 heterocycles. The van der Waals surface area contributed by atoms with Gasteiger partial charge in [0.1, 0.15) is 11.2 Å². The Balaban J connectivity index is 1.38. The van der Waals surface area contributed by atoms with Crippen molar-refractivity contribution >= 4 is 17.8 Å². The van der Waals surface area contributed by atoms with Crippen LogP contribution in [0.3, 0.4) is 0 Å². The Morgan fingerprint density at radius 3 is 2.29 bits per heavy atom. The molecule has 0 aromatic heterocycles. The van der Waals surface area contributed by atoms with Gasteiger partial charge in [-0.1, -0.05) is 18.6 Å². The Labute approximate surface area is 163 Å². The molecule has 2 aliphatic heterocycles. The van der Waals surface area contributed by atoms with E-state index in [1.807, 2.05) is 0 Å². The topological polar surface area (TPSA) is 77.9 Å². The van der Waals surface area contributed by atoms with Gasteiger partial charge in [-0.05, 0) is 37.0 Å². The summed E-state index contributed by atoms with van der Waals surface area (Å²) < 4.78 is 13.0. The third-order valence-corrected chi connectivity index (χ3v) is 6.69. The normalized spacial score (nSPS) is 26.8. The van der Waals surface area contributed by atoms with Crippen LogP contribution in [0.1, 0.15) is 31.2 Å². The average molecular weight is 388 g/mol. The van der Waals surface area contributed by atoms with Gasteiger partial charge in [0, 0.05) is 44.4 Å². The fourth-order valence-electron chi connectivity index (χ4n) is 4.70. The third kappa shape index (κ3) is 3.27. The van der Waals surface area contributed by atoms with Crippen molar-refractivity contribution in [2.24, 2.45) is 17.3 Å². The molecule has 3 aliphatic rings. The summed E-state index contributed by atoms with van der Waals surface area (Å²) in [5, 5.41) is 9.91. The largest absolute Gasteiger partial charge is 0.481 e. The van der Waals surface area contributed by atoms with Gasteiger partial charge in [-0.15, -0.1) is 0 Å². The van der Waals surface area contributed by atoms with Gasteiger partial charge in [0.05, 0.1) is 0 Å². The second kappa shape index (κ2) is 7.18. The molecular weight excluding hydrogens is 363 g/mol.